The van der Waals surface area contributed by atoms with Crippen LogP contribution < -0.4 is 10.1 Å². The number of hydrogen-bond acceptors (Lipinski definition) is 3. The van der Waals surface area contributed by atoms with Gasteiger partial charge in [0.05, 0.1) is 19.1 Å². The summed E-state index contributed by atoms with van der Waals surface area (Å²) in [5.41, 5.74) is 0.518. The minimum atomic E-state index is -0.294. The molecule has 0 saturated heterocycles. The molecule has 0 atom stereocenters. The van der Waals surface area contributed by atoms with Crippen molar-refractivity contribution in [2.75, 3.05) is 12.4 Å². The average Bonchev–Trinajstić information content (AvgIpc) is 2.90. The molecule has 4 nitrogen and oxygen atoms in total. The van der Waals surface area contributed by atoms with E-state index in [0.29, 0.717) is 22.2 Å². The van der Waals surface area contributed by atoms with Crippen molar-refractivity contribution in [1.29, 1.82) is 0 Å². The van der Waals surface area contributed by atoms with Gasteiger partial charge in [0.25, 0.3) is 0 Å². The van der Waals surface area contributed by atoms with E-state index in [2.05, 4.69) is 5.32 Å². The maximum absolute atomic E-state index is 11.7. The Morgan fingerprint density at radius 2 is 2.26 bits per heavy atom. The summed E-state index contributed by atoms with van der Waals surface area (Å²) in [7, 11) is 1.53. The van der Waals surface area contributed by atoms with Crippen LogP contribution in [0, 0.1) is 0 Å². The molecule has 2 aromatic rings. The predicted molar refractivity (Wildman–Crippen MR) is 74.4 cm³/mol. The molecule has 0 unspecified atom stereocenters. The summed E-state index contributed by atoms with van der Waals surface area (Å²) < 4.78 is 10.2. The van der Waals surface area contributed by atoms with E-state index in [4.69, 9.17) is 20.8 Å². The summed E-state index contributed by atoms with van der Waals surface area (Å²) in [6, 6.07) is 8.50. The van der Waals surface area contributed by atoms with Crippen LogP contribution >= 0.6 is 11.6 Å². The van der Waals surface area contributed by atoms with Gasteiger partial charge >= 0.3 is 0 Å². The second-order valence-corrected chi connectivity index (χ2v) is 4.12. The van der Waals surface area contributed by atoms with E-state index in [1.807, 2.05) is 0 Å². The lowest BCUT2D eigenvalue weighted by Gasteiger charge is -2.08. The number of ether oxygens (including phenoxy) is 1. The monoisotopic (exact) mass is 277 g/mol. The van der Waals surface area contributed by atoms with Crippen molar-refractivity contribution in [1.82, 2.24) is 0 Å². The van der Waals surface area contributed by atoms with Crippen LogP contribution in [-0.2, 0) is 4.79 Å². The van der Waals surface area contributed by atoms with Crippen LogP contribution in [0.25, 0.3) is 6.08 Å². The van der Waals surface area contributed by atoms with Crippen molar-refractivity contribution in [3.05, 3.63) is 53.5 Å². The quantitative estimate of drug-likeness (QED) is 0.869. The number of carbonyl (C=O) groups is 1. The van der Waals surface area contributed by atoms with Crippen molar-refractivity contribution in [2.45, 2.75) is 0 Å². The van der Waals surface area contributed by atoms with E-state index >= 15 is 0 Å². The Hall–Kier alpha value is -2.20. The lowest BCUT2D eigenvalue weighted by molar-refractivity contribution is -0.111. The predicted octanol–water partition coefficient (Wildman–Crippen LogP) is 3.59. The largest absolute Gasteiger partial charge is 0.495 e. The van der Waals surface area contributed by atoms with Crippen molar-refractivity contribution in [3.8, 4) is 5.75 Å². The maximum atomic E-state index is 11.7. The minimum absolute atomic E-state index is 0.294. The van der Waals surface area contributed by atoms with E-state index < -0.39 is 0 Å². The van der Waals surface area contributed by atoms with Gasteiger partial charge in [-0.3, -0.25) is 4.79 Å². The molecule has 98 valence electrons. The van der Waals surface area contributed by atoms with Crippen molar-refractivity contribution >= 4 is 29.3 Å². The minimum Gasteiger partial charge on any atom is -0.495 e. The Labute approximate surface area is 115 Å². The number of methoxy groups -OCH3 is 1. The molecule has 0 aliphatic heterocycles. The standard InChI is InChI=1S/C14H12ClNO3/c1-18-13-6-4-10(15)9-12(13)16-14(17)7-5-11-3-2-8-19-11/h2-9H,1H3,(H,16,17). The number of rotatable bonds is 4. The van der Waals surface area contributed by atoms with Gasteiger partial charge in [0.2, 0.25) is 5.91 Å². The molecule has 0 bridgehead atoms. The van der Waals surface area contributed by atoms with Gasteiger partial charge in [0.15, 0.2) is 0 Å². The topological polar surface area (TPSA) is 51.5 Å². The third kappa shape index (κ3) is 3.63. The van der Waals surface area contributed by atoms with Gasteiger partial charge in [-0.15, -0.1) is 0 Å². The first kappa shape index (κ1) is 13.2. The zero-order valence-corrected chi connectivity index (χ0v) is 11.0. The van der Waals surface area contributed by atoms with Gasteiger partial charge in [0, 0.05) is 11.1 Å². The van der Waals surface area contributed by atoms with Gasteiger partial charge < -0.3 is 14.5 Å². The number of benzene rings is 1. The molecule has 19 heavy (non-hydrogen) atoms. The average molecular weight is 278 g/mol. The molecule has 0 aliphatic carbocycles. The first-order chi connectivity index (χ1) is 9.19. The second kappa shape index (κ2) is 6.11. The number of hydrogen-bond donors (Lipinski definition) is 1. The normalized spacial score (nSPS) is 10.6. The van der Waals surface area contributed by atoms with Crippen LogP contribution in [0.5, 0.6) is 5.75 Å². The van der Waals surface area contributed by atoms with Gasteiger partial charge in [0.1, 0.15) is 11.5 Å². The van der Waals surface area contributed by atoms with Gasteiger partial charge in [-0.2, -0.15) is 0 Å². The molecule has 0 radical (unpaired) electrons. The smallest absolute Gasteiger partial charge is 0.248 e. The molecular formula is C14H12ClNO3. The molecule has 0 aliphatic rings. The lowest BCUT2D eigenvalue weighted by Crippen LogP contribution is -2.08. The zero-order chi connectivity index (χ0) is 13.7. The lowest BCUT2D eigenvalue weighted by atomic mass is 10.3. The van der Waals surface area contributed by atoms with Gasteiger partial charge in [-0.05, 0) is 36.4 Å². The number of nitrogens with one attached hydrogen (secondary N) is 1. The highest BCUT2D eigenvalue weighted by molar-refractivity contribution is 6.31. The van der Waals surface area contributed by atoms with Crippen molar-refractivity contribution in [2.24, 2.45) is 0 Å². The molecule has 1 aromatic carbocycles. The van der Waals surface area contributed by atoms with E-state index in [9.17, 15) is 4.79 Å². The summed E-state index contributed by atoms with van der Waals surface area (Å²) >= 11 is 5.88. The zero-order valence-electron chi connectivity index (χ0n) is 10.2. The Morgan fingerprint density at radius 1 is 1.42 bits per heavy atom. The fourth-order valence-electron chi connectivity index (χ4n) is 1.50. The van der Waals surface area contributed by atoms with Crippen LogP contribution in [0.3, 0.4) is 0 Å². The highest BCUT2D eigenvalue weighted by Crippen LogP contribution is 2.27. The number of furan rings is 1. The third-order valence-electron chi connectivity index (χ3n) is 2.36. The Balaban J connectivity index is 2.08. The number of carbonyl (C=O) groups excluding carboxylic acids is 1. The third-order valence-corrected chi connectivity index (χ3v) is 2.60. The number of amides is 1. The summed E-state index contributed by atoms with van der Waals surface area (Å²) in [4.78, 5) is 11.7. The van der Waals surface area contributed by atoms with Crippen LogP contribution in [0.2, 0.25) is 5.02 Å². The van der Waals surface area contributed by atoms with Crippen molar-refractivity contribution < 1.29 is 13.9 Å². The molecular weight excluding hydrogens is 266 g/mol. The molecule has 1 aromatic heterocycles. The van der Waals surface area contributed by atoms with Gasteiger partial charge in [-0.1, -0.05) is 11.6 Å². The number of anilines is 1. The van der Waals surface area contributed by atoms with Gasteiger partial charge in [-0.25, -0.2) is 0 Å². The summed E-state index contributed by atoms with van der Waals surface area (Å²) in [6.45, 7) is 0. The van der Waals surface area contributed by atoms with E-state index in [-0.39, 0.29) is 5.91 Å². The Bertz CT molecular complexity index is 591. The molecule has 5 heteroatoms. The molecule has 1 N–H and O–H groups in total. The van der Waals surface area contributed by atoms with E-state index in [1.165, 1.54) is 19.4 Å². The van der Waals surface area contributed by atoms with E-state index in [0.717, 1.165) is 0 Å². The fourth-order valence-corrected chi connectivity index (χ4v) is 1.67. The highest BCUT2D eigenvalue weighted by Gasteiger charge is 2.06. The van der Waals surface area contributed by atoms with Crippen LogP contribution in [0.4, 0.5) is 5.69 Å². The van der Waals surface area contributed by atoms with Crippen molar-refractivity contribution in [3.63, 3.8) is 0 Å². The SMILES string of the molecule is COc1ccc(Cl)cc1NC(=O)C=Cc1ccco1. The molecule has 1 amide bonds. The summed E-state index contributed by atoms with van der Waals surface area (Å²) in [5.74, 6) is 0.856. The first-order valence-electron chi connectivity index (χ1n) is 5.55. The molecule has 1 heterocycles. The van der Waals surface area contributed by atoms with E-state index in [1.54, 1.807) is 36.4 Å². The molecule has 0 saturated carbocycles. The summed E-state index contributed by atoms with van der Waals surface area (Å²) in [5, 5.41) is 3.21. The van der Waals surface area contributed by atoms with Crippen LogP contribution in [0.15, 0.2) is 47.1 Å². The maximum Gasteiger partial charge on any atom is 0.248 e. The Kier molecular flexibility index (Phi) is 4.26. The Morgan fingerprint density at radius 3 is 2.95 bits per heavy atom. The molecule has 0 spiro atoms. The fraction of sp³-hybridized carbons (Fsp3) is 0.0714. The molecule has 0 fully saturated rings. The second-order valence-electron chi connectivity index (χ2n) is 3.68. The number of halogens is 1. The molecule has 2 rings (SSSR count). The van der Waals surface area contributed by atoms with Crippen LogP contribution in [0.1, 0.15) is 5.76 Å². The first-order valence-corrected chi connectivity index (χ1v) is 5.93. The van der Waals surface area contributed by atoms with Crippen LogP contribution in [-0.4, -0.2) is 13.0 Å². The highest BCUT2D eigenvalue weighted by atomic mass is 35.5. The summed E-state index contributed by atoms with van der Waals surface area (Å²) in [6.07, 6.45) is 4.49.